The molecule has 18 heavy (non-hydrogen) atoms. The Morgan fingerprint density at radius 1 is 1.67 bits per heavy atom. The van der Waals surface area contributed by atoms with Crippen molar-refractivity contribution in [3.05, 3.63) is 24.0 Å². The minimum atomic E-state index is -0.294. The fourth-order valence-corrected chi connectivity index (χ4v) is 1.86. The molecule has 1 aliphatic rings. The number of hydrogen-bond donors (Lipinski definition) is 0. The molecule has 0 aromatic carbocycles. The van der Waals surface area contributed by atoms with Gasteiger partial charge in [0.15, 0.2) is 0 Å². The van der Waals surface area contributed by atoms with Gasteiger partial charge in [0.2, 0.25) is 0 Å². The molecule has 1 unspecified atom stereocenters. The molecule has 0 spiro atoms. The van der Waals surface area contributed by atoms with Crippen molar-refractivity contribution in [2.45, 2.75) is 45.1 Å². The van der Waals surface area contributed by atoms with Crippen LogP contribution < -0.4 is 0 Å². The van der Waals surface area contributed by atoms with E-state index >= 15 is 0 Å². The SMILES string of the molecule is C=CC1CC(C(=O)OCC)=C(CCCCC#N)O1. The molecule has 1 aliphatic heterocycles. The maximum absolute atomic E-state index is 11.8. The van der Waals surface area contributed by atoms with E-state index in [1.807, 2.05) is 0 Å². The molecule has 4 nitrogen and oxygen atoms in total. The monoisotopic (exact) mass is 249 g/mol. The first kappa shape index (κ1) is 14.3. The van der Waals surface area contributed by atoms with E-state index in [0.29, 0.717) is 37.2 Å². The summed E-state index contributed by atoms with van der Waals surface area (Å²) in [5.74, 6) is 0.411. The minimum absolute atomic E-state index is 0.129. The van der Waals surface area contributed by atoms with Crippen molar-refractivity contribution in [1.82, 2.24) is 0 Å². The highest BCUT2D eigenvalue weighted by Gasteiger charge is 2.28. The van der Waals surface area contributed by atoms with Gasteiger partial charge in [0, 0.05) is 19.3 Å². The number of carbonyl (C=O) groups is 1. The van der Waals surface area contributed by atoms with Gasteiger partial charge in [-0.25, -0.2) is 4.79 Å². The number of hydrogen-bond acceptors (Lipinski definition) is 4. The summed E-state index contributed by atoms with van der Waals surface area (Å²) in [6.07, 6.45) is 4.98. The van der Waals surface area contributed by atoms with Crippen LogP contribution in [0.4, 0.5) is 0 Å². The number of nitriles is 1. The minimum Gasteiger partial charge on any atom is -0.490 e. The Kier molecular flexibility index (Phi) is 5.99. The van der Waals surface area contributed by atoms with Crippen LogP contribution >= 0.6 is 0 Å². The number of nitrogens with zero attached hydrogens (tertiary/aromatic N) is 1. The molecule has 0 aromatic rings. The van der Waals surface area contributed by atoms with Crippen molar-refractivity contribution < 1.29 is 14.3 Å². The average Bonchev–Trinajstić information content (AvgIpc) is 2.78. The largest absolute Gasteiger partial charge is 0.490 e. The summed E-state index contributed by atoms with van der Waals surface area (Å²) in [4.78, 5) is 11.8. The van der Waals surface area contributed by atoms with Crippen LogP contribution in [-0.2, 0) is 14.3 Å². The summed E-state index contributed by atoms with van der Waals surface area (Å²) >= 11 is 0. The fourth-order valence-electron chi connectivity index (χ4n) is 1.86. The Morgan fingerprint density at radius 2 is 2.44 bits per heavy atom. The van der Waals surface area contributed by atoms with Gasteiger partial charge in [0.25, 0.3) is 0 Å². The van der Waals surface area contributed by atoms with Gasteiger partial charge in [0.1, 0.15) is 11.9 Å². The second kappa shape index (κ2) is 7.54. The van der Waals surface area contributed by atoms with E-state index in [2.05, 4.69) is 12.6 Å². The van der Waals surface area contributed by atoms with Crippen LogP contribution in [-0.4, -0.2) is 18.7 Å². The normalized spacial score (nSPS) is 18.1. The third-order valence-electron chi connectivity index (χ3n) is 2.76. The third-order valence-corrected chi connectivity index (χ3v) is 2.76. The molecule has 4 heteroatoms. The van der Waals surface area contributed by atoms with Crippen LogP contribution in [0.2, 0.25) is 0 Å². The molecule has 0 amide bonds. The van der Waals surface area contributed by atoms with Crippen LogP contribution in [0.15, 0.2) is 24.0 Å². The van der Waals surface area contributed by atoms with Crippen LogP contribution in [0.5, 0.6) is 0 Å². The Bertz CT molecular complexity index is 379. The second-order valence-corrected chi connectivity index (χ2v) is 4.08. The standard InChI is InChI=1S/C14H19NO3/c1-3-11-10-12(14(16)17-4-2)13(18-11)8-6-5-7-9-15/h3,11H,1,4-8,10H2,2H3. The quantitative estimate of drug-likeness (QED) is 0.395. The maximum atomic E-state index is 11.8. The lowest BCUT2D eigenvalue weighted by atomic mass is 10.1. The molecule has 0 fully saturated rings. The van der Waals surface area contributed by atoms with Gasteiger partial charge in [-0.15, -0.1) is 0 Å². The van der Waals surface area contributed by atoms with Crippen molar-refractivity contribution in [3.63, 3.8) is 0 Å². The van der Waals surface area contributed by atoms with Crippen LogP contribution in [0.25, 0.3) is 0 Å². The van der Waals surface area contributed by atoms with Gasteiger partial charge in [-0.3, -0.25) is 0 Å². The smallest absolute Gasteiger partial charge is 0.337 e. The lowest BCUT2D eigenvalue weighted by Gasteiger charge is -2.08. The number of allylic oxidation sites excluding steroid dienone is 1. The van der Waals surface area contributed by atoms with Gasteiger partial charge < -0.3 is 9.47 Å². The van der Waals surface area contributed by atoms with E-state index in [4.69, 9.17) is 14.7 Å². The number of rotatable bonds is 7. The van der Waals surface area contributed by atoms with Crippen LogP contribution in [0.1, 0.15) is 39.0 Å². The van der Waals surface area contributed by atoms with E-state index in [0.717, 1.165) is 12.8 Å². The molecule has 0 N–H and O–H groups in total. The van der Waals surface area contributed by atoms with Crippen molar-refractivity contribution in [2.24, 2.45) is 0 Å². The molecule has 0 aromatic heterocycles. The molecular weight excluding hydrogens is 230 g/mol. The van der Waals surface area contributed by atoms with E-state index in [1.165, 1.54) is 0 Å². The number of ether oxygens (including phenoxy) is 2. The fraction of sp³-hybridized carbons (Fsp3) is 0.571. The van der Waals surface area contributed by atoms with Crippen LogP contribution in [0, 0.1) is 11.3 Å². The van der Waals surface area contributed by atoms with Gasteiger partial charge >= 0.3 is 5.97 Å². The molecule has 0 saturated heterocycles. The summed E-state index contributed by atoms with van der Waals surface area (Å²) in [5.41, 5.74) is 0.624. The predicted molar refractivity (Wildman–Crippen MR) is 67.4 cm³/mol. The number of esters is 1. The highest BCUT2D eigenvalue weighted by molar-refractivity contribution is 5.89. The lowest BCUT2D eigenvalue weighted by Crippen LogP contribution is -2.08. The topological polar surface area (TPSA) is 59.3 Å². The molecule has 1 atom stereocenters. The Labute approximate surface area is 108 Å². The van der Waals surface area contributed by atoms with Gasteiger partial charge in [-0.2, -0.15) is 5.26 Å². The van der Waals surface area contributed by atoms with E-state index in [1.54, 1.807) is 13.0 Å². The van der Waals surface area contributed by atoms with Crippen molar-refractivity contribution >= 4 is 5.97 Å². The second-order valence-electron chi connectivity index (χ2n) is 4.08. The molecular formula is C14H19NO3. The third kappa shape index (κ3) is 3.92. The first-order chi connectivity index (χ1) is 8.72. The predicted octanol–water partition coefficient (Wildman–Crippen LogP) is 2.86. The van der Waals surface area contributed by atoms with Crippen molar-refractivity contribution in [1.29, 1.82) is 5.26 Å². The van der Waals surface area contributed by atoms with Gasteiger partial charge in [-0.1, -0.05) is 12.7 Å². The summed E-state index contributed by atoms with van der Waals surface area (Å²) < 4.78 is 10.7. The van der Waals surface area contributed by atoms with Gasteiger partial charge in [-0.05, 0) is 19.8 Å². The Balaban J connectivity index is 2.61. The molecule has 0 bridgehead atoms. The number of unbranched alkanes of at least 4 members (excludes halogenated alkanes) is 2. The summed E-state index contributed by atoms with van der Waals surface area (Å²) in [6, 6.07) is 2.10. The van der Waals surface area contributed by atoms with E-state index in [-0.39, 0.29) is 12.1 Å². The van der Waals surface area contributed by atoms with Gasteiger partial charge in [0.05, 0.1) is 18.2 Å². The summed E-state index contributed by atoms with van der Waals surface area (Å²) in [5, 5.41) is 8.47. The Morgan fingerprint density at radius 3 is 3.06 bits per heavy atom. The summed E-state index contributed by atoms with van der Waals surface area (Å²) in [6.45, 7) is 5.83. The highest BCUT2D eigenvalue weighted by atomic mass is 16.5. The van der Waals surface area contributed by atoms with Crippen molar-refractivity contribution in [2.75, 3.05) is 6.61 Å². The zero-order valence-corrected chi connectivity index (χ0v) is 10.8. The lowest BCUT2D eigenvalue weighted by molar-refractivity contribution is -0.138. The molecule has 0 radical (unpaired) electrons. The molecule has 1 heterocycles. The Hall–Kier alpha value is -1.76. The molecule has 0 saturated carbocycles. The van der Waals surface area contributed by atoms with Crippen LogP contribution in [0.3, 0.4) is 0 Å². The summed E-state index contributed by atoms with van der Waals surface area (Å²) in [7, 11) is 0. The average molecular weight is 249 g/mol. The zero-order valence-electron chi connectivity index (χ0n) is 10.8. The first-order valence-electron chi connectivity index (χ1n) is 6.28. The number of carbonyl (C=O) groups excluding carboxylic acids is 1. The molecule has 0 aliphatic carbocycles. The molecule has 1 rings (SSSR count). The zero-order chi connectivity index (χ0) is 13.4. The first-order valence-corrected chi connectivity index (χ1v) is 6.28. The van der Waals surface area contributed by atoms with Crippen molar-refractivity contribution in [3.8, 4) is 6.07 Å². The van der Waals surface area contributed by atoms with E-state index in [9.17, 15) is 4.79 Å². The molecule has 98 valence electrons. The van der Waals surface area contributed by atoms with E-state index < -0.39 is 0 Å². The maximum Gasteiger partial charge on any atom is 0.337 e. The highest BCUT2D eigenvalue weighted by Crippen LogP contribution is 2.30.